The molecule has 0 saturated carbocycles. The molecule has 6 nitrogen and oxygen atoms in total. The van der Waals surface area contributed by atoms with Crippen molar-refractivity contribution in [2.45, 2.75) is 17.9 Å². The van der Waals surface area contributed by atoms with Gasteiger partial charge in [-0.15, -0.1) is 23.1 Å². The summed E-state index contributed by atoms with van der Waals surface area (Å²) in [5, 5.41) is 3.33. The highest BCUT2D eigenvalue weighted by Crippen LogP contribution is 2.36. The summed E-state index contributed by atoms with van der Waals surface area (Å²) in [4.78, 5) is 26.0. The van der Waals surface area contributed by atoms with Crippen LogP contribution in [-0.2, 0) is 22.6 Å². The first kappa shape index (κ1) is 17.8. The lowest BCUT2D eigenvalue weighted by atomic mass is 10.1. The molecule has 2 heterocycles. The lowest BCUT2D eigenvalue weighted by Gasteiger charge is -2.12. The summed E-state index contributed by atoms with van der Waals surface area (Å²) in [6.45, 7) is 1.01. The number of ether oxygens (including phenoxy) is 2. The minimum absolute atomic E-state index is 0.185. The van der Waals surface area contributed by atoms with Crippen molar-refractivity contribution >= 4 is 39.9 Å². The van der Waals surface area contributed by atoms with Gasteiger partial charge in [-0.2, -0.15) is 0 Å². The third kappa shape index (κ3) is 4.15. The summed E-state index contributed by atoms with van der Waals surface area (Å²) in [6.07, 6.45) is 0.637. The Morgan fingerprint density at radius 3 is 3.04 bits per heavy atom. The Labute approximate surface area is 153 Å². The molecule has 1 aromatic heterocycles. The number of carbonyl (C=O) groups is 2. The molecule has 1 aromatic carbocycles. The number of fused-ring (bicyclic) bond motifs is 1. The molecule has 0 saturated heterocycles. The molecular formula is C17H18N2O4S2. The number of methoxy groups -OCH3 is 1. The van der Waals surface area contributed by atoms with E-state index >= 15 is 0 Å². The van der Waals surface area contributed by atoms with Gasteiger partial charge in [0.1, 0.15) is 10.8 Å². The molecule has 0 unspecified atom stereocenters. The molecule has 0 aliphatic carbocycles. The largest absolute Gasteiger partial charge is 0.497 e. The van der Waals surface area contributed by atoms with Crippen LogP contribution >= 0.6 is 23.1 Å². The molecule has 3 N–H and O–H groups in total. The minimum Gasteiger partial charge on any atom is -0.497 e. The smallest absolute Gasteiger partial charge is 0.251 e. The zero-order valence-corrected chi connectivity index (χ0v) is 15.3. The second kappa shape index (κ2) is 7.90. The highest BCUT2D eigenvalue weighted by atomic mass is 32.2. The van der Waals surface area contributed by atoms with Crippen LogP contribution in [0.1, 0.15) is 20.8 Å². The summed E-state index contributed by atoms with van der Waals surface area (Å²) in [5.41, 5.74) is 6.83. The maximum absolute atomic E-state index is 12.3. The fraction of sp³-hybridized carbons (Fsp3) is 0.294. The Hall–Kier alpha value is -2.03. The Bertz CT molecular complexity index is 804. The monoisotopic (exact) mass is 378 g/mol. The molecule has 0 bridgehead atoms. The average molecular weight is 378 g/mol. The van der Waals surface area contributed by atoms with Gasteiger partial charge in [0, 0.05) is 9.77 Å². The highest BCUT2D eigenvalue weighted by Gasteiger charge is 2.25. The third-order valence-electron chi connectivity index (χ3n) is 3.73. The number of thiophene rings is 1. The number of thioether (sulfide) groups is 1. The lowest BCUT2D eigenvalue weighted by molar-refractivity contribution is -0.113. The summed E-state index contributed by atoms with van der Waals surface area (Å²) in [6, 6.07) is 7.50. The van der Waals surface area contributed by atoms with E-state index in [1.54, 1.807) is 7.11 Å². The highest BCUT2D eigenvalue weighted by molar-refractivity contribution is 8.00. The van der Waals surface area contributed by atoms with Crippen molar-refractivity contribution in [1.29, 1.82) is 0 Å². The van der Waals surface area contributed by atoms with Crippen molar-refractivity contribution in [3.63, 3.8) is 0 Å². The van der Waals surface area contributed by atoms with Crippen molar-refractivity contribution in [3.8, 4) is 5.75 Å². The van der Waals surface area contributed by atoms with E-state index in [0.29, 0.717) is 30.2 Å². The zero-order valence-electron chi connectivity index (χ0n) is 13.7. The lowest BCUT2D eigenvalue weighted by Crippen LogP contribution is -2.20. The number of anilines is 1. The number of nitrogens with two attached hydrogens (primary N) is 1. The fourth-order valence-corrected chi connectivity index (χ4v) is 4.53. The van der Waals surface area contributed by atoms with Gasteiger partial charge in [0.05, 0.1) is 31.6 Å². The van der Waals surface area contributed by atoms with Crippen LogP contribution in [0.15, 0.2) is 29.2 Å². The van der Waals surface area contributed by atoms with Crippen LogP contribution in [0, 0.1) is 0 Å². The molecule has 1 aliphatic heterocycles. The van der Waals surface area contributed by atoms with Gasteiger partial charge in [0.25, 0.3) is 5.91 Å². The van der Waals surface area contributed by atoms with Crippen LogP contribution in [0.25, 0.3) is 0 Å². The zero-order chi connectivity index (χ0) is 17.8. The van der Waals surface area contributed by atoms with Gasteiger partial charge in [-0.05, 0) is 30.2 Å². The van der Waals surface area contributed by atoms with E-state index in [2.05, 4.69) is 5.32 Å². The second-order valence-corrected chi connectivity index (χ2v) is 7.54. The standard InChI is InChI=1S/C17H18N2O4S2/c1-22-10-3-2-4-11(7-10)24-9-14(20)19-17-15(16(18)21)12-5-6-23-8-13(12)25-17/h2-4,7H,5-6,8-9H2,1H3,(H2,18,21)(H,19,20). The molecule has 0 fully saturated rings. The number of benzene rings is 1. The SMILES string of the molecule is COc1cccc(SCC(=O)Nc2sc3c(c2C(N)=O)CCOC3)c1. The molecule has 132 valence electrons. The van der Waals surface area contributed by atoms with E-state index in [0.717, 1.165) is 21.1 Å². The Balaban J connectivity index is 1.68. The van der Waals surface area contributed by atoms with Gasteiger partial charge in [0.15, 0.2) is 0 Å². The van der Waals surface area contributed by atoms with Crippen LogP contribution < -0.4 is 15.8 Å². The molecule has 1 aliphatic rings. The molecule has 2 amide bonds. The quantitative estimate of drug-likeness (QED) is 0.754. The fourth-order valence-electron chi connectivity index (χ4n) is 2.58. The molecule has 0 spiro atoms. The number of hydrogen-bond donors (Lipinski definition) is 2. The predicted molar refractivity (Wildman–Crippen MR) is 98.5 cm³/mol. The van der Waals surface area contributed by atoms with Crippen LogP contribution in [0.4, 0.5) is 5.00 Å². The first-order valence-electron chi connectivity index (χ1n) is 7.67. The maximum atomic E-state index is 12.3. The van der Waals surface area contributed by atoms with Crippen molar-refractivity contribution in [2.75, 3.05) is 24.8 Å². The first-order chi connectivity index (χ1) is 12.1. The van der Waals surface area contributed by atoms with Gasteiger partial charge in [-0.1, -0.05) is 6.07 Å². The normalized spacial score (nSPS) is 13.2. The van der Waals surface area contributed by atoms with E-state index in [9.17, 15) is 9.59 Å². The van der Waals surface area contributed by atoms with Crippen molar-refractivity contribution in [1.82, 2.24) is 0 Å². The van der Waals surface area contributed by atoms with Crippen molar-refractivity contribution in [3.05, 3.63) is 40.3 Å². The molecule has 8 heteroatoms. The van der Waals surface area contributed by atoms with Gasteiger partial charge >= 0.3 is 0 Å². The Morgan fingerprint density at radius 1 is 1.44 bits per heavy atom. The summed E-state index contributed by atoms with van der Waals surface area (Å²) in [5.74, 6) is 0.266. The van der Waals surface area contributed by atoms with E-state index in [1.165, 1.54) is 23.1 Å². The molecule has 25 heavy (non-hydrogen) atoms. The van der Waals surface area contributed by atoms with E-state index in [1.807, 2.05) is 24.3 Å². The molecule has 3 rings (SSSR count). The Morgan fingerprint density at radius 2 is 2.28 bits per heavy atom. The Kier molecular flexibility index (Phi) is 5.62. The van der Waals surface area contributed by atoms with Crippen molar-refractivity contribution < 1.29 is 19.1 Å². The molecule has 0 radical (unpaired) electrons. The number of nitrogens with one attached hydrogen (secondary N) is 1. The van der Waals surface area contributed by atoms with Crippen molar-refractivity contribution in [2.24, 2.45) is 5.73 Å². The van der Waals surface area contributed by atoms with Gasteiger partial charge in [-0.3, -0.25) is 9.59 Å². The summed E-state index contributed by atoms with van der Waals surface area (Å²) >= 11 is 2.76. The predicted octanol–water partition coefficient (Wildman–Crippen LogP) is 2.66. The number of primary amides is 1. The number of hydrogen-bond acceptors (Lipinski definition) is 6. The topological polar surface area (TPSA) is 90.6 Å². The van der Waals surface area contributed by atoms with Gasteiger partial charge < -0.3 is 20.5 Å². The van der Waals surface area contributed by atoms with Crippen LogP contribution in [0.5, 0.6) is 5.75 Å². The maximum Gasteiger partial charge on any atom is 0.251 e. The van der Waals surface area contributed by atoms with Gasteiger partial charge in [-0.25, -0.2) is 0 Å². The van der Waals surface area contributed by atoms with Crippen LogP contribution in [-0.4, -0.2) is 31.3 Å². The number of rotatable bonds is 6. The second-order valence-electron chi connectivity index (χ2n) is 5.39. The summed E-state index contributed by atoms with van der Waals surface area (Å²) in [7, 11) is 1.60. The van der Waals surface area contributed by atoms with E-state index in [4.69, 9.17) is 15.2 Å². The molecule has 0 atom stereocenters. The number of carbonyl (C=O) groups excluding carboxylic acids is 2. The average Bonchev–Trinajstić information content (AvgIpc) is 2.98. The van der Waals surface area contributed by atoms with E-state index in [-0.39, 0.29) is 11.7 Å². The van der Waals surface area contributed by atoms with Crippen LogP contribution in [0.3, 0.4) is 0 Å². The first-order valence-corrected chi connectivity index (χ1v) is 9.47. The minimum atomic E-state index is -0.518. The molecular weight excluding hydrogens is 360 g/mol. The van der Waals surface area contributed by atoms with Gasteiger partial charge in [0.2, 0.25) is 5.91 Å². The van der Waals surface area contributed by atoms with Crippen LogP contribution in [0.2, 0.25) is 0 Å². The molecule has 2 aromatic rings. The summed E-state index contributed by atoms with van der Waals surface area (Å²) < 4.78 is 10.6. The third-order valence-corrected chi connectivity index (χ3v) is 5.85. The number of amides is 2. The van der Waals surface area contributed by atoms with E-state index < -0.39 is 5.91 Å².